The normalized spacial score (nSPS) is 14.4. The third kappa shape index (κ3) is 2.22. The summed E-state index contributed by atoms with van der Waals surface area (Å²) in [7, 11) is 0. The Kier molecular flexibility index (Phi) is 3.34. The van der Waals surface area contributed by atoms with Crippen LogP contribution in [0, 0.1) is 0 Å². The Morgan fingerprint density at radius 2 is 1.88 bits per heavy atom. The predicted molar refractivity (Wildman–Crippen MR) is 54.0 cm³/mol. The third-order valence-electron chi connectivity index (χ3n) is 2.28. The number of phenolic OH excluding ortho intramolecular Hbond substituents is 2. The number of benzene rings is 1. The molecule has 0 spiro atoms. The number of rotatable bonds is 4. The zero-order chi connectivity index (χ0) is 12.3. The number of halogens is 1. The minimum absolute atomic E-state index is 0.0787. The minimum Gasteiger partial charge on any atom is -0.508 e. The average Bonchev–Trinajstić information content (AvgIpc) is 2.23. The number of alkyl halides is 1. The molecule has 5 nitrogen and oxygen atoms in total. The molecule has 0 aliphatic rings. The molecule has 0 radical (unpaired) electrons. The first-order valence-electron chi connectivity index (χ1n) is 4.49. The van der Waals surface area contributed by atoms with Crippen molar-refractivity contribution in [1.82, 2.24) is 0 Å². The average molecular weight is 229 g/mol. The standard InChI is InChI=1S/C10H12FNO4/c11-5-10(12,9(15)16)4-6-7(13)2-1-3-8(6)14/h1-3,13-14H,4-5,12H2,(H,15,16). The molecule has 6 heteroatoms. The topological polar surface area (TPSA) is 104 Å². The number of aromatic hydroxyl groups is 2. The minimum atomic E-state index is -2.14. The molecule has 0 fully saturated rings. The summed E-state index contributed by atoms with van der Waals surface area (Å²) < 4.78 is 12.6. The maximum absolute atomic E-state index is 12.6. The Bertz CT molecular complexity index is 390. The van der Waals surface area contributed by atoms with E-state index in [2.05, 4.69) is 0 Å². The summed E-state index contributed by atoms with van der Waals surface area (Å²) in [6.07, 6.45) is -0.489. The Labute approximate surface area is 90.9 Å². The second kappa shape index (κ2) is 4.36. The van der Waals surface area contributed by atoms with Crippen LogP contribution in [0.2, 0.25) is 0 Å². The van der Waals surface area contributed by atoms with Crippen LogP contribution >= 0.6 is 0 Å². The first-order chi connectivity index (χ1) is 7.40. The fourth-order valence-corrected chi connectivity index (χ4v) is 1.24. The van der Waals surface area contributed by atoms with Crippen LogP contribution in [0.4, 0.5) is 4.39 Å². The van der Waals surface area contributed by atoms with E-state index in [-0.39, 0.29) is 17.1 Å². The van der Waals surface area contributed by atoms with Crippen LogP contribution in [0.3, 0.4) is 0 Å². The lowest BCUT2D eigenvalue weighted by Gasteiger charge is -2.21. The van der Waals surface area contributed by atoms with E-state index in [0.717, 1.165) is 0 Å². The maximum Gasteiger partial charge on any atom is 0.326 e. The number of carboxylic acids is 1. The zero-order valence-electron chi connectivity index (χ0n) is 8.35. The Morgan fingerprint density at radius 1 is 1.38 bits per heavy atom. The van der Waals surface area contributed by atoms with Crippen molar-refractivity contribution in [1.29, 1.82) is 0 Å². The summed E-state index contributed by atoms with van der Waals surface area (Å²) in [5.41, 5.74) is 3.09. The molecule has 0 saturated heterocycles. The molecular weight excluding hydrogens is 217 g/mol. The van der Waals surface area contributed by atoms with Gasteiger partial charge < -0.3 is 21.1 Å². The van der Waals surface area contributed by atoms with E-state index < -0.39 is 24.6 Å². The molecule has 1 aromatic carbocycles. The maximum atomic E-state index is 12.6. The summed E-state index contributed by atoms with van der Waals surface area (Å²) in [6, 6.07) is 3.90. The van der Waals surface area contributed by atoms with Crippen molar-refractivity contribution >= 4 is 5.97 Å². The molecule has 1 aromatic rings. The highest BCUT2D eigenvalue weighted by Crippen LogP contribution is 2.29. The highest BCUT2D eigenvalue weighted by molar-refractivity contribution is 5.79. The van der Waals surface area contributed by atoms with Gasteiger partial charge in [-0.3, -0.25) is 4.79 Å². The van der Waals surface area contributed by atoms with Crippen LogP contribution in [0.5, 0.6) is 11.5 Å². The van der Waals surface area contributed by atoms with E-state index in [1.54, 1.807) is 0 Å². The van der Waals surface area contributed by atoms with Crippen molar-refractivity contribution in [2.45, 2.75) is 12.0 Å². The number of aliphatic carboxylic acids is 1. The first-order valence-corrected chi connectivity index (χ1v) is 4.49. The molecule has 0 amide bonds. The van der Waals surface area contributed by atoms with Crippen LogP contribution in [-0.4, -0.2) is 33.5 Å². The smallest absolute Gasteiger partial charge is 0.326 e. The number of carboxylic acid groups (broad SMARTS) is 1. The van der Waals surface area contributed by atoms with Crippen LogP contribution < -0.4 is 5.73 Å². The molecule has 1 rings (SSSR count). The number of hydrogen-bond donors (Lipinski definition) is 4. The van der Waals surface area contributed by atoms with Gasteiger partial charge in [0.1, 0.15) is 23.7 Å². The fourth-order valence-electron chi connectivity index (χ4n) is 1.24. The number of nitrogens with two attached hydrogens (primary N) is 1. The zero-order valence-corrected chi connectivity index (χ0v) is 8.35. The van der Waals surface area contributed by atoms with Gasteiger partial charge in [-0.15, -0.1) is 0 Å². The molecule has 0 heterocycles. The van der Waals surface area contributed by atoms with Crippen molar-refractivity contribution in [3.05, 3.63) is 23.8 Å². The van der Waals surface area contributed by atoms with Gasteiger partial charge in [-0.2, -0.15) is 0 Å². The van der Waals surface area contributed by atoms with Crippen molar-refractivity contribution in [2.24, 2.45) is 5.73 Å². The van der Waals surface area contributed by atoms with E-state index in [9.17, 15) is 19.4 Å². The Hall–Kier alpha value is -1.82. The first kappa shape index (κ1) is 12.3. The lowest BCUT2D eigenvalue weighted by molar-refractivity contribution is -0.143. The highest BCUT2D eigenvalue weighted by atomic mass is 19.1. The summed E-state index contributed by atoms with van der Waals surface area (Å²) in [4.78, 5) is 10.8. The number of carbonyl (C=O) groups is 1. The van der Waals surface area contributed by atoms with Crippen molar-refractivity contribution in [3.8, 4) is 11.5 Å². The van der Waals surface area contributed by atoms with Gasteiger partial charge in [0.05, 0.1) is 0 Å². The van der Waals surface area contributed by atoms with Crippen LogP contribution in [0.1, 0.15) is 5.56 Å². The molecule has 0 aromatic heterocycles. The van der Waals surface area contributed by atoms with E-state index in [0.29, 0.717) is 0 Å². The van der Waals surface area contributed by atoms with Crippen molar-refractivity contribution in [2.75, 3.05) is 6.67 Å². The Balaban J connectivity index is 3.08. The quantitative estimate of drug-likeness (QED) is 0.598. The second-order valence-electron chi connectivity index (χ2n) is 3.55. The summed E-state index contributed by atoms with van der Waals surface area (Å²) >= 11 is 0. The van der Waals surface area contributed by atoms with E-state index in [4.69, 9.17) is 10.8 Å². The fraction of sp³-hybridized carbons (Fsp3) is 0.300. The lowest BCUT2D eigenvalue weighted by Crippen LogP contribution is -2.52. The van der Waals surface area contributed by atoms with Gasteiger partial charge in [-0.25, -0.2) is 4.39 Å². The summed E-state index contributed by atoms with van der Waals surface area (Å²) in [5.74, 6) is -2.16. The van der Waals surface area contributed by atoms with Gasteiger partial charge >= 0.3 is 5.97 Å². The van der Waals surface area contributed by atoms with Crippen LogP contribution in [0.15, 0.2) is 18.2 Å². The monoisotopic (exact) mass is 229 g/mol. The van der Waals surface area contributed by atoms with E-state index in [1.807, 2.05) is 0 Å². The molecule has 16 heavy (non-hydrogen) atoms. The van der Waals surface area contributed by atoms with E-state index >= 15 is 0 Å². The van der Waals surface area contributed by atoms with Crippen molar-refractivity contribution < 1.29 is 24.5 Å². The second-order valence-corrected chi connectivity index (χ2v) is 3.55. The SMILES string of the molecule is NC(CF)(Cc1c(O)cccc1O)C(=O)O. The van der Waals surface area contributed by atoms with Crippen molar-refractivity contribution in [3.63, 3.8) is 0 Å². The number of phenols is 2. The third-order valence-corrected chi connectivity index (χ3v) is 2.28. The molecule has 0 bridgehead atoms. The Morgan fingerprint density at radius 3 is 2.25 bits per heavy atom. The molecule has 0 aliphatic carbocycles. The largest absolute Gasteiger partial charge is 0.508 e. The molecular formula is C10H12FNO4. The van der Waals surface area contributed by atoms with Crippen LogP contribution in [-0.2, 0) is 11.2 Å². The lowest BCUT2D eigenvalue weighted by atomic mass is 9.92. The summed E-state index contributed by atoms with van der Waals surface area (Å²) in [6.45, 7) is -1.30. The predicted octanol–water partition coefficient (Wildman–Crippen LogP) is 0.392. The molecule has 1 unspecified atom stereocenters. The number of hydrogen-bond acceptors (Lipinski definition) is 4. The van der Waals surface area contributed by atoms with Gasteiger partial charge in [0.2, 0.25) is 0 Å². The molecule has 0 aliphatic heterocycles. The molecule has 88 valence electrons. The van der Waals surface area contributed by atoms with E-state index in [1.165, 1.54) is 18.2 Å². The molecule has 1 atom stereocenters. The summed E-state index contributed by atoms with van der Waals surface area (Å²) in [5, 5.41) is 27.5. The van der Waals surface area contributed by atoms with Gasteiger partial charge in [0, 0.05) is 12.0 Å². The van der Waals surface area contributed by atoms with Gasteiger partial charge in [0.25, 0.3) is 0 Å². The van der Waals surface area contributed by atoms with Crippen LogP contribution in [0.25, 0.3) is 0 Å². The van der Waals surface area contributed by atoms with Gasteiger partial charge in [-0.1, -0.05) is 6.07 Å². The molecule has 5 N–H and O–H groups in total. The van der Waals surface area contributed by atoms with Gasteiger partial charge in [0.15, 0.2) is 0 Å². The van der Waals surface area contributed by atoms with Gasteiger partial charge in [-0.05, 0) is 12.1 Å². The highest BCUT2D eigenvalue weighted by Gasteiger charge is 2.36. The molecule has 0 saturated carbocycles.